The number of aromatic nitrogens is 1. The Hall–Kier alpha value is -2.84. The van der Waals surface area contributed by atoms with Crippen LogP contribution in [0, 0.1) is 5.82 Å². The number of piperazine rings is 1. The second-order valence-electron chi connectivity index (χ2n) is 8.19. The molecule has 2 aliphatic rings. The maximum atomic E-state index is 13.0. The molecule has 2 saturated heterocycles. The Morgan fingerprint density at radius 3 is 2.81 bits per heavy atom. The van der Waals surface area contributed by atoms with Crippen molar-refractivity contribution < 1.29 is 14.0 Å². The predicted molar refractivity (Wildman–Crippen MR) is 114 cm³/mol. The van der Waals surface area contributed by atoms with Crippen molar-refractivity contribution in [3.05, 3.63) is 65.7 Å². The van der Waals surface area contributed by atoms with Crippen molar-refractivity contribution in [1.29, 1.82) is 0 Å². The van der Waals surface area contributed by atoms with E-state index in [2.05, 4.69) is 25.8 Å². The first-order valence-corrected chi connectivity index (χ1v) is 10.8. The summed E-state index contributed by atoms with van der Waals surface area (Å²) >= 11 is 0. The molecule has 0 radical (unpaired) electrons. The van der Waals surface area contributed by atoms with Gasteiger partial charge in [-0.2, -0.15) is 0 Å². The average Bonchev–Trinajstić information content (AvgIpc) is 3.23. The molecule has 0 unspecified atom stereocenters. The number of benzene rings is 1. The monoisotopic (exact) mass is 425 g/mol. The number of hydrogen-bond acceptors (Lipinski definition) is 5. The summed E-state index contributed by atoms with van der Waals surface area (Å²) in [6, 6.07) is 12.1. The molecular weight excluding hydrogens is 397 g/mol. The molecule has 4 rings (SSSR count). The predicted octanol–water partition coefficient (Wildman–Crippen LogP) is 1.35. The van der Waals surface area contributed by atoms with E-state index in [0.717, 1.165) is 24.2 Å². The lowest BCUT2D eigenvalue weighted by Gasteiger charge is -2.37. The minimum Gasteiger partial charge on any atom is -0.353 e. The molecule has 2 fully saturated rings. The van der Waals surface area contributed by atoms with Crippen LogP contribution in [0.15, 0.2) is 48.7 Å². The van der Waals surface area contributed by atoms with Crippen molar-refractivity contribution in [2.75, 3.05) is 13.1 Å². The molecule has 8 heteroatoms. The van der Waals surface area contributed by atoms with Crippen molar-refractivity contribution in [3.8, 4) is 0 Å². The first-order chi connectivity index (χ1) is 15.1. The highest BCUT2D eigenvalue weighted by Crippen LogP contribution is 2.26. The van der Waals surface area contributed by atoms with E-state index in [9.17, 15) is 14.0 Å². The zero-order valence-corrected chi connectivity index (χ0v) is 17.4. The number of fused-ring (bicyclic) bond motifs is 1. The molecule has 164 valence electrons. The summed E-state index contributed by atoms with van der Waals surface area (Å²) in [5.74, 6) is -0.261. The number of nitrogens with zero attached hydrogens (tertiary/aromatic N) is 2. The molecule has 7 nitrogen and oxygen atoms in total. The summed E-state index contributed by atoms with van der Waals surface area (Å²) in [5.41, 5.74) is 1.84. The molecule has 31 heavy (non-hydrogen) atoms. The number of rotatable bonds is 8. The van der Waals surface area contributed by atoms with Crippen molar-refractivity contribution in [2.24, 2.45) is 0 Å². The molecule has 0 spiro atoms. The van der Waals surface area contributed by atoms with Crippen molar-refractivity contribution in [3.63, 3.8) is 0 Å². The number of carbonyl (C=O) groups excluding carboxylic acids is 2. The SMILES string of the molecule is O=C(CC[C@@H]1CNC(=O)[C@H]2C[C@@H](NCc3ccccn3)CN12)NCc1ccc(F)cc1. The van der Waals surface area contributed by atoms with Gasteiger partial charge in [0.15, 0.2) is 0 Å². The minimum absolute atomic E-state index is 0.0400. The van der Waals surface area contributed by atoms with Crippen molar-refractivity contribution in [1.82, 2.24) is 25.8 Å². The van der Waals surface area contributed by atoms with Crippen LogP contribution in [0.5, 0.6) is 0 Å². The van der Waals surface area contributed by atoms with E-state index in [1.807, 2.05) is 18.2 Å². The van der Waals surface area contributed by atoms with E-state index in [-0.39, 0.29) is 35.8 Å². The summed E-state index contributed by atoms with van der Waals surface area (Å²) in [6.45, 7) is 2.40. The zero-order chi connectivity index (χ0) is 21.6. The van der Waals surface area contributed by atoms with Gasteiger partial charge in [-0.05, 0) is 42.7 Å². The van der Waals surface area contributed by atoms with E-state index in [1.165, 1.54) is 12.1 Å². The first-order valence-electron chi connectivity index (χ1n) is 10.8. The Bertz CT molecular complexity index is 893. The minimum atomic E-state index is -0.289. The van der Waals surface area contributed by atoms with Gasteiger partial charge in [0, 0.05) is 50.9 Å². The summed E-state index contributed by atoms with van der Waals surface area (Å²) in [4.78, 5) is 31.2. The number of halogens is 1. The van der Waals surface area contributed by atoms with Crippen molar-refractivity contribution in [2.45, 2.75) is 50.5 Å². The molecule has 3 atom stereocenters. The van der Waals surface area contributed by atoms with Crippen LogP contribution in [0.1, 0.15) is 30.5 Å². The quantitative estimate of drug-likeness (QED) is 0.595. The van der Waals surface area contributed by atoms with Gasteiger partial charge in [-0.25, -0.2) is 4.39 Å². The third kappa shape index (κ3) is 5.65. The van der Waals surface area contributed by atoms with E-state index in [1.54, 1.807) is 18.3 Å². The topological polar surface area (TPSA) is 86.4 Å². The molecule has 3 heterocycles. The fraction of sp³-hybridized carbons (Fsp3) is 0.435. The highest BCUT2D eigenvalue weighted by atomic mass is 19.1. The van der Waals surface area contributed by atoms with Crippen LogP contribution in [0.2, 0.25) is 0 Å². The van der Waals surface area contributed by atoms with Gasteiger partial charge < -0.3 is 16.0 Å². The maximum Gasteiger partial charge on any atom is 0.237 e. The third-order valence-corrected chi connectivity index (χ3v) is 6.03. The zero-order valence-electron chi connectivity index (χ0n) is 17.4. The molecule has 1 aromatic carbocycles. The second-order valence-corrected chi connectivity index (χ2v) is 8.19. The largest absolute Gasteiger partial charge is 0.353 e. The molecule has 0 aliphatic carbocycles. The Kier molecular flexibility index (Phi) is 6.89. The standard InChI is InChI=1S/C23H28FN5O2/c24-17-6-4-16(5-7-17)12-27-22(30)9-8-20-14-28-23(31)21-11-19(15-29(20)21)26-13-18-3-1-2-10-25-18/h1-7,10,19-21,26H,8-9,11-15H2,(H,27,30)(H,28,31)/t19-,20-,21-/m1/s1. The number of carbonyl (C=O) groups is 2. The molecule has 3 N–H and O–H groups in total. The summed E-state index contributed by atoms with van der Waals surface area (Å²) in [6.07, 6.45) is 3.60. The number of hydrogen-bond donors (Lipinski definition) is 3. The van der Waals surface area contributed by atoms with Crippen LogP contribution in [-0.2, 0) is 22.7 Å². The lowest BCUT2D eigenvalue weighted by atomic mass is 10.0. The van der Waals surface area contributed by atoms with E-state index >= 15 is 0 Å². The van der Waals surface area contributed by atoms with Gasteiger partial charge >= 0.3 is 0 Å². The van der Waals surface area contributed by atoms with E-state index < -0.39 is 0 Å². The molecule has 0 bridgehead atoms. The van der Waals surface area contributed by atoms with Gasteiger partial charge in [-0.1, -0.05) is 18.2 Å². The Labute approximate surface area is 181 Å². The van der Waals surface area contributed by atoms with Gasteiger partial charge in [0.25, 0.3) is 0 Å². The summed E-state index contributed by atoms with van der Waals surface area (Å²) < 4.78 is 13.0. The van der Waals surface area contributed by atoms with Gasteiger partial charge in [0.1, 0.15) is 5.82 Å². The average molecular weight is 426 g/mol. The smallest absolute Gasteiger partial charge is 0.237 e. The molecule has 0 saturated carbocycles. The lowest BCUT2D eigenvalue weighted by Crippen LogP contribution is -2.58. The molecule has 1 aromatic heterocycles. The maximum absolute atomic E-state index is 13.0. The molecule has 2 amide bonds. The number of nitrogens with one attached hydrogen (secondary N) is 3. The normalized spacial score (nSPS) is 23.3. The Morgan fingerprint density at radius 2 is 2.03 bits per heavy atom. The summed E-state index contributed by atoms with van der Waals surface area (Å²) in [7, 11) is 0. The molecule has 2 aliphatic heterocycles. The molecule has 2 aromatic rings. The fourth-order valence-corrected chi connectivity index (χ4v) is 4.33. The molecular formula is C23H28FN5O2. The van der Waals surface area contributed by atoms with Crippen molar-refractivity contribution >= 4 is 11.8 Å². The van der Waals surface area contributed by atoms with Crippen LogP contribution >= 0.6 is 0 Å². The first kappa shape index (κ1) is 21.4. The van der Waals surface area contributed by atoms with Gasteiger partial charge in [-0.3, -0.25) is 19.5 Å². The third-order valence-electron chi connectivity index (χ3n) is 6.03. The van der Waals surface area contributed by atoms with Crippen LogP contribution in [0.25, 0.3) is 0 Å². The van der Waals surface area contributed by atoms with Crippen LogP contribution in [0.4, 0.5) is 4.39 Å². The number of pyridine rings is 1. The second kappa shape index (κ2) is 9.98. The van der Waals surface area contributed by atoms with Crippen LogP contribution in [0.3, 0.4) is 0 Å². The fourth-order valence-electron chi connectivity index (χ4n) is 4.33. The van der Waals surface area contributed by atoms with Gasteiger partial charge in [0.2, 0.25) is 11.8 Å². The van der Waals surface area contributed by atoms with E-state index in [0.29, 0.717) is 32.5 Å². The number of amides is 2. The van der Waals surface area contributed by atoms with Gasteiger partial charge in [-0.15, -0.1) is 0 Å². The summed E-state index contributed by atoms with van der Waals surface area (Å²) in [5, 5.41) is 9.40. The highest BCUT2D eigenvalue weighted by molar-refractivity contribution is 5.83. The van der Waals surface area contributed by atoms with Gasteiger partial charge in [0.05, 0.1) is 11.7 Å². The van der Waals surface area contributed by atoms with Crippen LogP contribution in [-0.4, -0.2) is 52.9 Å². The lowest BCUT2D eigenvalue weighted by molar-refractivity contribution is -0.129. The Morgan fingerprint density at radius 1 is 1.19 bits per heavy atom. The highest BCUT2D eigenvalue weighted by Gasteiger charge is 2.43. The van der Waals surface area contributed by atoms with Crippen LogP contribution < -0.4 is 16.0 Å². The Balaban J connectivity index is 1.25. The van der Waals surface area contributed by atoms with E-state index in [4.69, 9.17) is 0 Å².